The fourth-order valence-corrected chi connectivity index (χ4v) is 6.82. The van der Waals surface area contributed by atoms with Gasteiger partial charge >= 0.3 is 0 Å². The van der Waals surface area contributed by atoms with Crippen molar-refractivity contribution in [3.63, 3.8) is 0 Å². The molecule has 3 aromatic rings. The molecule has 0 saturated carbocycles. The summed E-state index contributed by atoms with van der Waals surface area (Å²) < 4.78 is 33.8. The molecule has 0 saturated heterocycles. The van der Waals surface area contributed by atoms with Crippen molar-refractivity contribution in [2.24, 2.45) is 0 Å². The number of ether oxygens (including phenoxy) is 1. The number of nitrogens with zero attached hydrogens (tertiary/aromatic N) is 2. The summed E-state index contributed by atoms with van der Waals surface area (Å²) in [7, 11) is -3.84. The summed E-state index contributed by atoms with van der Waals surface area (Å²) in [5.41, 5.74) is 3.27. The van der Waals surface area contributed by atoms with Gasteiger partial charge in [-0.2, -0.15) is 4.31 Å². The molecule has 0 aliphatic carbocycles. The third-order valence-electron chi connectivity index (χ3n) is 6.26. The molecule has 0 fully saturated rings. The lowest BCUT2D eigenvalue weighted by molar-refractivity contribution is -0.135. The van der Waals surface area contributed by atoms with E-state index in [1.54, 1.807) is 23.2 Å². The zero-order valence-electron chi connectivity index (χ0n) is 20.0. The fourth-order valence-electron chi connectivity index (χ4n) is 4.37. The van der Waals surface area contributed by atoms with Gasteiger partial charge < -0.3 is 9.64 Å². The molecule has 1 atom stereocenters. The highest BCUT2D eigenvalue weighted by molar-refractivity contribution is 7.89. The summed E-state index contributed by atoms with van der Waals surface area (Å²) in [6.45, 7) is 6.53. The van der Waals surface area contributed by atoms with Gasteiger partial charge in [0.1, 0.15) is 12.4 Å². The molecular formula is C26H29ClN2O4S2. The number of aryl methyl sites for hydroxylation is 2. The van der Waals surface area contributed by atoms with E-state index >= 15 is 0 Å². The lowest BCUT2D eigenvalue weighted by atomic mass is 10.0. The highest BCUT2D eigenvalue weighted by Gasteiger charge is 2.35. The van der Waals surface area contributed by atoms with Crippen LogP contribution < -0.4 is 4.74 Å². The molecule has 1 aliphatic rings. The minimum absolute atomic E-state index is 0.116. The van der Waals surface area contributed by atoms with Gasteiger partial charge in [0.15, 0.2) is 0 Å². The number of likely N-dealkylation sites (N-methyl/N-ethyl adjacent to an activating group) is 1. The summed E-state index contributed by atoms with van der Waals surface area (Å²) in [5, 5.41) is 2.49. The van der Waals surface area contributed by atoms with Gasteiger partial charge in [-0.15, -0.1) is 11.3 Å². The Balaban J connectivity index is 1.55. The number of thiophene rings is 1. The molecule has 0 unspecified atom stereocenters. The van der Waals surface area contributed by atoms with Crippen molar-refractivity contribution >= 4 is 38.9 Å². The summed E-state index contributed by atoms with van der Waals surface area (Å²) >= 11 is 7.60. The number of sulfonamides is 1. The van der Waals surface area contributed by atoms with Crippen molar-refractivity contribution in [2.75, 3.05) is 26.2 Å². The molecule has 9 heteroatoms. The number of amides is 1. The van der Waals surface area contributed by atoms with Gasteiger partial charge in [-0.25, -0.2) is 8.42 Å². The maximum absolute atomic E-state index is 13.5. The third kappa shape index (κ3) is 5.56. The Kier molecular flexibility index (Phi) is 7.86. The van der Waals surface area contributed by atoms with Crippen LogP contribution in [0.2, 0.25) is 5.02 Å². The summed E-state index contributed by atoms with van der Waals surface area (Å²) in [6.07, 6.45) is 0.745. The second-order valence-electron chi connectivity index (χ2n) is 8.62. The number of carbonyl (C=O) groups excluding carboxylic acids is 1. The van der Waals surface area contributed by atoms with Crippen molar-refractivity contribution in [3.8, 4) is 5.75 Å². The van der Waals surface area contributed by atoms with Gasteiger partial charge in [-0.1, -0.05) is 36.2 Å². The quantitative estimate of drug-likeness (QED) is 0.398. The highest BCUT2D eigenvalue weighted by Crippen LogP contribution is 2.34. The Bertz CT molecular complexity index is 1310. The first-order chi connectivity index (χ1) is 16.7. The van der Waals surface area contributed by atoms with E-state index < -0.39 is 10.0 Å². The predicted molar refractivity (Wildman–Crippen MR) is 140 cm³/mol. The van der Waals surface area contributed by atoms with Gasteiger partial charge in [0, 0.05) is 23.0 Å². The zero-order chi connectivity index (χ0) is 25.2. The van der Waals surface area contributed by atoms with E-state index in [1.807, 2.05) is 37.4 Å². The van der Waals surface area contributed by atoms with Gasteiger partial charge in [0.2, 0.25) is 15.9 Å². The van der Waals surface area contributed by atoms with Gasteiger partial charge in [0.05, 0.1) is 17.5 Å². The van der Waals surface area contributed by atoms with Gasteiger partial charge in [-0.05, 0) is 73.2 Å². The van der Waals surface area contributed by atoms with E-state index in [0.29, 0.717) is 18.2 Å². The van der Waals surface area contributed by atoms with Crippen LogP contribution in [0.4, 0.5) is 0 Å². The SMILES string of the molecule is CCN(CC(=O)N1CCc2sccc2[C@H]1COc1ccc(C)cc1C)S(=O)(=O)c1ccc(Cl)cc1. The first-order valence-electron chi connectivity index (χ1n) is 11.5. The normalized spacial score (nSPS) is 15.8. The van der Waals surface area contributed by atoms with Crippen LogP contribution in [0, 0.1) is 13.8 Å². The molecule has 0 radical (unpaired) electrons. The Morgan fingerprint density at radius 2 is 1.91 bits per heavy atom. The molecule has 35 heavy (non-hydrogen) atoms. The third-order valence-corrected chi connectivity index (χ3v) is 9.44. The molecule has 2 heterocycles. The number of halogens is 1. The number of fused-ring (bicyclic) bond motifs is 1. The molecule has 6 nitrogen and oxygen atoms in total. The van der Waals surface area contributed by atoms with Crippen LogP contribution in [-0.4, -0.2) is 49.8 Å². The zero-order valence-corrected chi connectivity index (χ0v) is 22.4. The van der Waals surface area contributed by atoms with Crippen LogP contribution in [0.15, 0.2) is 58.8 Å². The lowest BCUT2D eigenvalue weighted by Gasteiger charge is -2.37. The molecule has 2 aromatic carbocycles. The van der Waals surface area contributed by atoms with Crippen molar-refractivity contribution in [1.29, 1.82) is 0 Å². The second kappa shape index (κ2) is 10.7. The Labute approximate surface area is 216 Å². The Morgan fingerprint density at radius 3 is 2.60 bits per heavy atom. The van der Waals surface area contributed by atoms with Crippen molar-refractivity contribution in [3.05, 3.63) is 80.5 Å². The first kappa shape index (κ1) is 25.7. The Morgan fingerprint density at radius 1 is 1.17 bits per heavy atom. The van der Waals surface area contributed by atoms with E-state index in [-0.39, 0.29) is 29.9 Å². The topological polar surface area (TPSA) is 66.9 Å². The molecular weight excluding hydrogens is 504 g/mol. The minimum Gasteiger partial charge on any atom is -0.491 e. The minimum atomic E-state index is -3.84. The maximum Gasteiger partial charge on any atom is 0.243 e. The summed E-state index contributed by atoms with van der Waals surface area (Å²) in [5.74, 6) is 0.543. The number of benzene rings is 2. The number of rotatable bonds is 8. The number of hydrogen-bond acceptors (Lipinski definition) is 5. The largest absolute Gasteiger partial charge is 0.491 e. The van der Waals surface area contributed by atoms with E-state index in [1.165, 1.54) is 33.4 Å². The van der Waals surface area contributed by atoms with Crippen molar-refractivity contribution in [2.45, 2.75) is 38.1 Å². The van der Waals surface area contributed by atoms with E-state index in [4.69, 9.17) is 16.3 Å². The standard InChI is InChI=1S/C26H29ClN2O4S2/c1-4-28(35(31,32)21-8-6-20(27)7-9-21)16-26(30)29-13-11-25-22(12-14-34-25)23(29)17-33-24-10-5-18(2)15-19(24)3/h5-10,12,14-15,23H,4,11,13,16-17H2,1-3H3/t23-/m1/s1. The molecule has 186 valence electrons. The smallest absolute Gasteiger partial charge is 0.243 e. The van der Waals surface area contributed by atoms with Gasteiger partial charge in [0.25, 0.3) is 0 Å². The molecule has 0 N–H and O–H groups in total. The Hall–Kier alpha value is -2.39. The van der Waals surface area contributed by atoms with E-state index in [9.17, 15) is 13.2 Å². The number of hydrogen-bond donors (Lipinski definition) is 0. The van der Waals surface area contributed by atoms with E-state index in [0.717, 1.165) is 28.9 Å². The molecule has 1 aliphatic heterocycles. The predicted octanol–water partition coefficient (Wildman–Crippen LogP) is 5.23. The molecule has 1 amide bonds. The lowest BCUT2D eigenvalue weighted by Crippen LogP contribution is -2.47. The highest BCUT2D eigenvalue weighted by atomic mass is 35.5. The van der Waals surface area contributed by atoms with Crippen LogP contribution in [0.25, 0.3) is 0 Å². The summed E-state index contributed by atoms with van der Waals surface area (Å²) in [4.78, 5) is 16.6. The van der Waals surface area contributed by atoms with Crippen LogP contribution >= 0.6 is 22.9 Å². The molecule has 0 bridgehead atoms. The van der Waals surface area contributed by atoms with Gasteiger partial charge in [-0.3, -0.25) is 4.79 Å². The molecule has 1 aromatic heterocycles. The number of carbonyl (C=O) groups is 1. The van der Waals surface area contributed by atoms with Crippen LogP contribution in [0.3, 0.4) is 0 Å². The van der Waals surface area contributed by atoms with Crippen LogP contribution in [0.5, 0.6) is 5.75 Å². The summed E-state index contributed by atoms with van der Waals surface area (Å²) in [6, 6.07) is 13.8. The maximum atomic E-state index is 13.5. The van der Waals surface area contributed by atoms with Crippen molar-refractivity contribution < 1.29 is 17.9 Å². The van der Waals surface area contributed by atoms with Crippen LogP contribution in [0.1, 0.15) is 34.5 Å². The van der Waals surface area contributed by atoms with E-state index in [2.05, 4.69) is 6.07 Å². The van der Waals surface area contributed by atoms with Crippen molar-refractivity contribution in [1.82, 2.24) is 9.21 Å². The molecule has 0 spiro atoms. The molecule has 4 rings (SSSR count). The van der Waals surface area contributed by atoms with Crippen LogP contribution in [-0.2, 0) is 21.2 Å². The average Bonchev–Trinajstić information content (AvgIpc) is 3.31. The average molecular weight is 533 g/mol. The fraction of sp³-hybridized carbons (Fsp3) is 0.346. The first-order valence-corrected chi connectivity index (χ1v) is 14.2. The monoisotopic (exact) mass is 532 g/mol. The second-order valence-corrected chi connectivity index (χ2v) is 12.0.